The molecule has 4 rings (SSSR count). The van der Waals surface area contributed by atoms with Gasteiger partial charge in [-0.3, -0.25) is 4.98 Å². The number of hydrogen-bond acceptors (Lipinski definition) is 1. The summed E-state index contributed by atoms with van der Waals surface area (Å²) in [6.45, 7) is 7.21. The molecule has 3 heteroatoms. The van der Waals surface area contributed by atoms with Crippen molar-refractivity contribution in [2.75, 3.05) is 0 Å². The van der Waals surface area contributed by atoms with E-state index in [1.807, 2.05) is 12.5 Å². The van der Waals surface area contributed by atoms with E-state index in [4.69, 9.17) is 4.98 Å². The van der Waals surface area contributed by atoms with E-state index in [1.165, 1.54) is 39.1 Å². The van der Waals surface area contributed by atoms with E-state index < -0.39 is 0 Å². The number of hydrogen-bond donors (Lipinski definition) is 1. The number of aromatic nitrogens is 3. The van der Waals surface area contributed by atoms with Crippen LogP contribution in [0.2, 0.25) is 0 Å². The molecule has 3 nitrogen and oxygen atoms in total. The average molecular weight is 369 g/mol. The third-order valence-corrected chi connectivity index (χ3v) is 5.10. The van der Waals surface area contributed by atoms with E-state index in [0.717, 1.165) is 18.7 Å². The molecule has 0 fully saturated rings. The third-order valence-electron chi connectivity index (χ3n) is 5.10. The van der Waals surface area contributed by atoms with Crippen molar-refractivity contribution in [3.63, 3.8) is 0 Å². The van der Waals surface area contributed by atoms with Crippen LogP contribution >= 0.6 is 0 Å². The fourth-order valence-corrected chi connectivity index (χ4v) is 3.73. The number of rotatable bonds is 5. The first-order valence-corrected chi connectivity index (χ1v) is 9.72. The lowest BCUT2D eigenvalue weighted by atomic mass is 10.0. The van der Waals surface area contributed by atoms with E-state index in [2.05, 4.69) is 91.1 Å². The molecule has 28 heavy (non-hydrogen) atoms. The van der Waals surface area contributed by atoms with Gasteiger partial charge in [-0.25, -0.2) is 9.55 Å². The highest BCUT2D eigenvalue weighted by Gasteiger charge is 2.12. The van der Waals surface area contributed by atoms with Crippen molar-refractivity contribution >= 4 is 0 Å². The molecular weight excluding hydrogens is 342 g/mol. The lowest BCUT2D eigenvalue weighted by Crippen LogP contribution is -2.36. The largest absolute Gasteiger partial charge is 0.256 e. The first-order chi connectivity index (χ1) is 13.6. The Kier molecular flexibility index (Phi) is 5.07. The summed E-state index contributed by atoms with van der Waals surface area (Å²) >= 11 is 0. The van der Waals surface area contributed by atoms with Gasteiger partial charge >= 0.3 is 0 Å². The second kappa shape index (κ2) is 7.81. The van der Waals surface area contributed by atoms with Gasteiger partial charge in [0.05, 0.1) is 5.69 Å². The minimum Gasteiger partial charge on any atom is -0.256 e. The molecule has 0 atom stereocenters. The lowest BCUT2D eigenvalue weighted by Gasteiger charge is -2.09. The average Bonchev–Trinajstić information content (AvgIpc) is 3.08. The molecular formula is C25H26N3+. The molecule has 0 bridgehead atoms. The highest BCUT2D eigenvalue weighted by atomic mass is 15.0. The summed E-state index contributed by atoms with van der Waals surface area (Å²) in [5.41, 5.74) is 9.81. The summed E-state index contributed by atoms with van der Waals surface area (Å²) < 4.78 is 2.27. The van der Waals surface area contributed by atoms with Crippen molar-refractivity contribution in [3.8, 4) is 11.3 Å². The van der Waals surface area contributed by atoms with Crippen LogP contribution in [0.3, 0.4) is 0 Å². The fraction of sp³-hybridized carbons (Fsp3) is 0.200. The number of H-pyrrole nitrogens is 1. The Bertz CT molecular complexity index is 1110. The van der Waals surface area contributed by atoms with Crippen LogP contribution in [0.15, 0.2) is 73.3 Å². The first kappa shape index (κ1) is 18.2. The molecule has 2 heterocycles. The highest BCUT2D eigenvalue weighted by Crippen LogP contribution is 2.22. The normalized spacial score (nSPS) is 11.0. The van der Waals surface area contributed by atoms with Gasteiger partial charge in [-0.15, -0.1) is 0 Å². The van der Waals surface area contributed by atoms with Crippen molar-refractivity contribution in [2.45, 2.75) is 33.7 Å². The minimum atomic E-state index is 0.812. The highest BCUT2D eigenvalue weighted by molar-refractivity contribution is 5.63. The van der Waals surface area contributed by atoms with Crippen LogP contribution in [0.25, 0.3) is 11.3 Å². The number of aromatic amines is 1. The summed E-state index contributed by atoms with van der Waals surface area (Å²) in [6.07, 6.45) is 7.04. The number of benzene rings is 2. The van der Waals surface area contributed by atoms with Gasteiger partial charge in [0, 0.05) is 23.7 Å². The van der Waals surface area contributed by atoms with Crippen LogP contribution in [-0.2, 0) is 13.0 Å². The predicted molar refractivity (Wildman–Crippen MR) is 113 cm³/mol. The molecule has 0 unspecified atom stereocenters. The molecule has 0 aliphatic rings. The van der Waals surface area contributed by atoms with Crippen LogP contribution in [0, 0.1) is 20.8 Å². The summed E-state index contributed by atoms with van der Waals surface area (Å²) in [4.78, 5) is 8.03. The van der Waals surface area contributed by atoms with Crippen molar-refractivity contribution < 1.29 is 4.57 Å². The molecule has 1 N–H and O–H groups in total. The van der Waals surface area contributed by atoms with E-state index in [0.29, 0.717) is 0 Å². The quantitative estimate of drug-likeness (QED) is 0.498. The zero-order valence-corrected chi connectivity index (χ0v) is 16.7. The maximum atomic E-state index is 4.77. The van der Waals surface area contributed by atoms with E-state index in [9.17, 15) is 0 Å². The molecule has 0 saturated heterocycles. The topological polar surface area (TPSA) is 32.6 Å². The Morgan fingerprint density at radius 2 is 1.68 bits per heavy atom. The molecule has 0 aliphatic carbocycles. The number of nitrogens with one attached hydrogen (secondary N) is 1. The molecule has 0 radical (unpaired) electrons. The zero-order valence-electron chi connectivity index (χ0n) is 16.7. The van der Waals surface area contributed by atoms with Gasteiger partial charge in [0.25, 0.3) is 0 Å². The van der Waals surface area contributed by atoms with Crippen molar-refractivity contribution in [1.82, 2.24) is 9.97 Å². The summed E-state index contributed by atoms with van der Waals surface area (Å²) in [6, 6.07) is 19.5. The Balaban J connectivity index is 1.56. The van der Waals surface area contributed by atoms with Gasteiger partial charge in [-0.1, -0.05) is 53.6 Å². The van der Waals surface area contributed by atoms with Crippen LogP contribution < -0.4 is 4.57 Å². The van der Waals surface area contributed by atoms with Gasteiger partial charge in [0.15, 0.2) is 0 Å². The number of nitrogens with zero attached hydrogens (tertiary/aromatic N) is 2. The summed E-state index contributed by atoms with van der Waals surface area (Å²) in [7, 11) is 0. The second-order valence-electron chi connectivity index (χ2n) is 7.60. The first-order valence-electron chi connectivity index (χ1n) is 9.72. The molecule has 0 spiro atoms. The molecule has 140 valence electrons. The Labute approximate surface area is 166 Å². The van der Waals surface area contributed by atoms with Gasteiger partial charge in [0.1, 0.15) is 18.4 Å². The fourth-order valence-electron chi connectivity index (χ4n) is 3.73. The van der Waals surface area contributed by atoms with Crippen molar-refractivity contribution in [1.29, 1.82) is 0 Å². The van der Waals surface area contributed by atoms with E-state index in [-0.39, 0.29) is 0 Å². The molecule has 2 aromatic heterocycles. The third kappa shape index (κ3) is 4.04. The van der Waals surface area contributed by atoms with Gasteiger partial charge in [0.2, 0.25) is 6.33 Å². The standard InChI is InChI=1S/C25H25N3/c1-18-6-4-8-21(10-18)13-24-15-26-17-28(24)16-22-12-20(3)25(27-14-22)23-9-5-7-19(2)11-23/h4-12,14-15,17H,13,16H2,1-3H3/p+1. The Morgan fingerprint density at radius 1 is 0.893 bits per heavy atom. The van der Waals surface area contributed by atoms with Crippen LogP contribution in [0.4, 0.5) is 0 Å². The summed E-state index contributed by atoms with van der Waals surface area (Å²) in [5, 5.41) is 0. The Morgan fingerprint density at radius 3 is 2.43 bits per heavy atom. The van der Waals surface area contributed by atoms with Gasteiger partial charge < -0.3 is 0 Å². The van der Waals surface area contributed by atoms with E-state index in [1.54, 1.807) is 0 Å². The molecule has 0 amide bonds. The van der Waals surface area contributed by atoms with Crippen molar-refractivity contribution in [3.05, 3.63) is 107 Å². The maximum absolute atomic E-state index is 4.77. The maximum Gasteiger partial charge on any atom is 0.242 e. The number of pyridine rings is 1. The monoisotopic (exact) mass is 368 g/mol. The Hall–Kier alpha value is -3.20. The zero-order chi connectivity index (χ0) is 19.5. The van der Waals surface area contributed by atoms with Crippen molar-refractivity contribution in [2.24, 2.45) is 0 Å². The van der Waals surface area contributed by atoms with Crippen LogP contribution in [-0.4, -0.2) is 9.97 Å². The van der Waals surface area contributed by atoms with E-state index >= 15 is 0 Å². The second-order valence-corrected chi connectivity index (χ2v) is 7.60. The summed E-state index contributed by atoms with van der Waals surface area (Å²) in [5.74, 6) is 0. The van der Waals surface area contributed by atoms with Gasteiger partial charge in [-0.05, 0) is 44.0 Å². The SMILES string of the molecule is Cc1cccc(Cc2c[nH]c[n+]2Cc2cnc(-c3cccc(C)c3)c(C)c2)c1. The molecule has 4 aromatic rings. The van der Waals surface area contributed by atoms with Gasteiger partial charge in [-0.2, -0.15) is 0 Å². The number of imidazole rings is 1. The molecule has 2 aromatic carbocycles. The molecule has 0 saturated carbocycles. The lowest BCUT2D eigenvalue weighted by molar-refractivity contribution is -0.693. The minimum absolute atomic E-state index is 0.812. The predicted octanol–water partition coefficient (Wildman–Crippen LogP) is 4.93. The smallest absolute Gasteiger partial charge is 0.242 e. The molecule has 0 aliphatic heterocycles. The van der Waals surface area contributed by atoms with Crippen LogP contribution in [0.5, 0.6) is 0 Å². The number of aryl methyl sites for hydroxylation is 3. The van der Waals surface area contributed by atoms with Crippen LogP contribution in [0.1, 0.15) is 33.5 Å².